The van der Waals surface area contributed by atoms with Gasteiger partial charge >= 0.3 is 0 Å². The van der Waals surface area contributed by atoms with Crippen LogP contribution in [0.1, 0.15) is 40.5 Å². The number of rotatable bonds is 10. The summed E-state index contributed by atoms with van der Waals surface area (Å²) in [6, 6.07) is 0. The van der Waals surface area contributed by atoms with Crippen molar-refractivity contribution < 1.29 is 9.59 Å². The number of nitrogens with one attached hydrogen (secondary N) is 3. The number of hydrogen-bond acceptors (Lipinski definition) is 5. The predicted octanol–water partition coefficient (Wildman–Crippen LogP) is 1.01. The van der Waals surface area contributed by atoms with Crippen molar-refractivity contribution in [3.63, 3.8) is 0 Å². The Morgan fingerprint density at radius 2 is 1.10 bits per heavy atom. The summed E-state index contributed by atoms with van der Waals surface area (Å²) >= 11 is 8.40. The van der Waals surface area contributed by atoms with Crippen molar-refractivity contribution in [3.05, 3.63) is 0 Å². The molecule has 0 aliphatic heterocycles. The molecule has 0 spiro atoms. The average molecular weight is 336 g/mol. The van der Waals surface area contributed by atoms with Crippen molar-refractivity contribution in [2.45, 2.75) is 50.0 Å². The molecule has 21 heavy (non-hydrogen) atoms. The molecule has 0 unspecified atom stereocenters. The summed E-state index contributed by atoms with van der Waals surface area (Å²) in [5, 5.41) is 8.94. The van der Waals surface area contributed by atoms with Crippen molar-refractivity contribution in [2.75, 3.05) is 26.2 Å². The molecule has 0 saturated carbocycles. The summed E-state index contributed by atoms with van der Waals surface area (Å²) in [6.07, 6.45) is 1.73. The lowest BCUT2D eigenvalue weighted by Gasteiger charge is -2.17. The number of carbonyl (C=O) groups is 2. The highest BCUT2D eigenvalue weighted by Gasteiger charge is 2.22. The Bertz CT molecular complexity index is 304. The van der Waals surface area contributed by atoms with Crippen LogP contribution in [0.2, 0.25) is 0 Å². The highest BCUT2D eigenvalue weighted by atomic mass is 32.1. The minimum Gasteiger partial charge on any atom is -0.355 e. The molecule has 0 rings (SSSR count). The zero-order chi connectivity index (χ0) is 16.5. The highest BCUT2D eigenvalue weighted by molar-refractivity contribution is 7.82. The van der Waals surface area contributed by atoms with Gasteiger partial charge in [-0.2, -0.15) is 25.3 Å². The monoisotopic (exact) mass is 335 g/mol. The first-order valence-electron chi connectivity index (χ1n) is 7.27. The number of thiol groups is 2. The van der Waals surface area contributed by atoms with Crippen molar-refractivity contribution >= 4 is 37.1 Å². The Kier molecular flexibility index (Phi) is 9.40. The fourth-order valence-corrected chi connectivity index (χ4v) is 1.55. The normalized spacial score (nSPS) is 12.1. The Balaban J connectivity index is 3.42. The fraction of sp³-hybridized carbons (Fsp3) is 0.857. The van der Waals surface area contributed by atoms with Gasteiger partial charge in [-0.15, -0.1) is 0 Å². The van der Waals surface area contributed by atoms with Crippen LogP contribution < -0.4 is 16.0 Å². The average Bonchev–Trinajstić information content (AvgIpc) is 2.33. The third kappa shape index (κ3) is 10.9. The molecular weight excluding hydrogens is 306 g/mol. The van der Waals surface area contributed by atoms with Crippen molar-refractivity contribution in [3.8, 4) is 0 Å². The van der Waals surface area contributed by atoms with E-state index in [9.17, 15) is 9.59 Å². The van der Waals surface area contributed by atoms with Gasteiger partial charge in [-0.05, 0) is 53.6 Å². The van der Waals surface area contributed by atoms with Crippen LogP contribution in [0.15, 0.2) is 0 Å². The molecule has 5 nitrogen and oxygen atoms in total. The van der Waals surface area contributed by atoms with E-state index < -0.39 is 9.49 Å². The Labute approximate surface area is 139 Å². The summed E-state index contributed by atoms with van der Waals surface area (Å²) in [6.45, 7) is 10.0. The second kappa shape index (κ2) is 9.58. The molecule has 0 aromatic heterocycles. The Hall–Kier alpha value is -0.400. The van der Waals surface area contributed by atoms with E-state index >= 15 is 0 Å². The van der Waals surface area contributed by atoms with Gasteiger partial charge in [-0.3, -0.25) is 9.59 Å². The van der Waals surface area contributed by atoms with Gasteiger partial charge in [0.1, 0.15) is 0 Å². The van der Waals surface area contributed by atoms with Gasteiger partial charge in [0, 0.05) is 13.1 Å². The van der Waals surface area contributed by atoms with Gasteiger partial charge in [0.2, 0.25) is 11.8 Å². The molecule has 0 atom stereocenters. The van der Waals surface area contributed by atoms with E-state index in [0.717, 1.165) is 25.9 Å². The molecule has 124 valence electrons. The van der Waals surface area contributed by atoms with Gasteiger partial charge in [0.05, 0.1) is 9.49 Å². The third-order valence-corrected chi connectivity index (χ3v) is 3.15. The van der Waals surface area contributed by atoms with Crippen LogP contribution in [-0.2, 0) is 9.59 Å². The summed E-state index contributed by atoms with van der Waals surface area (Å²) in [5.41, 5.74) is 0. The highest BCUT2D eigenvalue weighted by Crippen LogP contribution is 2.11. The second-order valence-corrected chi connectivity index (χ2v) is 8.32. The van der Waals surface area contributed by atoms with Crippen LogP contribution in [0.5, 0.6) is 0 Å². The van der Waals surface area contributed by atoms with E-state index in [1.54, 1.807) is 27.7 Å². The first kappa shape index (κ1) is 20.6. The minimum atomic E-state index is -0.633. The van der Waals surface area contributed by atoms with Gasteiger partial charge in [0.15, 0.2) is 0 Å². The summed E-state index contributed by atoms with van der Waals surface area (Å²) in [7, 11) is 0. The lowest BCUT2D eigenvalue weighted by Crippen LogP contribution is -2.39. The summed E-state index contributed by atoms with van der Waals surface area (Å²) in [5.74, 6) is -0.106. The van der Waals surface area contributed by atoms with Crippen LogP contribution >= 0.6 is 25.3 Å². The second-order valence-electron chi connectivity index (χ2n) is 6.09. The van der Waals surface area contributed by atoms with Crippen molar-refractivity contribution in [1.82, 2.24) is 16.0 Å². The lowest BCUT2D eigenvalue weighted by atomic mass is 10.2. The molecule has 0 aromatic carbocycles. The molecule has 0 aliphatic rings. The Morgan fingerprint density at radius 3 is 1.38 bits per heavy atom. The lowest BCUT2D eigenvalue weighted by molar-refractivity contribution is -0.123. The molecule has 0 aliphatic carbocycles. The SMILES string of the molecule is CC(C)(S)C(=O)NCCCNCCCNC(=O)C(C)(C)S. The van der Waals surface area contributed by atoms with Crippen molar-refractivity contribution in [2.24, 2.45) is 0 Å². The van der Waals surface area contributed by atoms with E-state index in [1.807, 2.05) is 0 Å². The first-order chi connectivity index (χ1) is 9.55. The van der Waals surface area contributed by atoms with E-state index in [2.05, 4.69) is 41.2 Å². The van der Waals surface area contributed by atoms with Gasteiger partial charge in [-0.1, -0.05) is 0 Å². The Morgan fingerprint density at radius 1 is 0.762 bits per heavy atom. The first-order valence-corrected chi connectivity index (χ1v) is 8.16. The van der Waals surface area contributed by atoms with Crippen molar-refractivity contribution in [1.29, 1.82) is 0 Å². The number of carbonyl (C=O) groups excluding carboxylic acids is 2. The van der Waals surface area contributed by atoms with Gasteiger partial charge in [-0.25, -0.2) is 0 Å². The maximum Gasteiger partial charge on any atom is 0.235 e. The molecule has 0 heterocycles. The standard InChI is InChI=1S/C14H29N3O2S2/c1-13(2,20)11(18)16-9-5-7-15-8-6-10-17-12(19)14(3,4)21/h15,20-21H,5-10H2,1-4H3,(H,16,18)(H,17,19). The summed E-state index contributed by atoms with van der Waals surface area (Å²) < 4.78 is -1.27. The molecule has 3 N–H and O–H groups in total. The maximum absolute atomic E-state index is 11.5. The predicted molar refractivity (Wildman–Crippen MR) is 94.3 cm³/mol. The van der Waals surface area contributed by atoms with E-state index in [4.69, 9.17) is 0 Å². The van der Waals surface area contributed by atoms with Crippen LogP contribution in [0, 0.1) is 0 Å². The molecule has 0 aromatic rings. The zero-order valence-electron chi connectivity index (χ0n) is 13.5. The fourth-order valence-electron chi connectivity index (χ4n) is 1.39. The van der Waals surface area contributed by atoms with Gasteiger partial charge in [0.25, 0.3) is 0 Å². The van der Waals surface area contributed by atoms with Gasteiger partial charge < -0.3 is 16.0 Å². The summed E-state index contributed by atoms with van der Waals surface area (Å²) in [4.78, 5) is 23.1. The smallest absolute Gasteiger partial charge is 0.235 e. The molecule has 0 fully saturated rings. The molecule has 2 amide bonds. The molecule has 0 radical (unpaired) electrons. The molecule has 0 bridgehead atoms. The largest absolute Gasteiger partial charge is 0.355 e. The van der Waals surface area contributed by atoms with Crippen LogP contribution in [0.3, 0.4) is 0 Å². The number of hydrogen-bond donors (Lipinski definition) is 5. The van der Waals surface area contributed by atoms with E-state index in [0.29, 0.717) is 13.1 Å². The quantitative estimate of drug-likeness (QED) is 0.306. The molecular formula is C14H29N3O2S2. The third-order valence-electron chi connectivity index (χ3n) is 2.74. The van der Waals surface area contributed by atoms with Crippen LogP contribution in [0.25, 0.3) is 0 Å². The zero-order valence-corrected chi connectivity index (χ0v) is 15.2. The topological polar surface area (TPSA) is 70.2 Å². The molecule has 7 heteroatoms. The maximum atomic E-state index is 11.5. The van der Waals surface area contributed by atoms with E-state index in [-0.39, 0.29) is 11.8 Å². The molecule has 0 saturated heterocycles. The number of amides is 2. The minimum absolute atomic E-state index is 0.0529. The van der Waals surface area contributed by atoms with E-state index in [1.165, 1.54) is 0 Å². The van der Waals surface area contributed by atoms with Crippen LogP contribution in [-0.4, -0.2) is 47.5 Å². The van der Waals surface area contributed by atoms with Crippen LogP contribution in [0.4, 0.5) is 0 Å².